The average Bonchev–Trinajstić information content (AvgIpc) is 2.67. The van der Waals surface area contributed by atoms with Gasteiger partial charge in [-0.05, 0) is 55.2 Å². The molecule has 2 aromatic rings. The third-order valence-electron chi connectivity index (χ3n) is 4.34. The molecule has 0 aliphatic heterocycles. The Balaban J connectivity index is 2.02. The molecule has 0 fully saturated rings. The van der Waals surface area contributed by atoms with Gasteiger partial charge in [0.2, 0.25) is 0 Å². The van der Waals surface area contributed by atoms with Gasteiger partial charge in [0.25, 0.3) is 5.91 Å². The molecule has 0 saturated carbocycles. The lowest BCUT2D eigenvalue weighted by Crippen LogP contribution is -2.30. The van der Waals surface area contributed by atoms with Crippen molar-refractivity contribution >= 4 is 17.6 Å². The van der Waals surface area contributed by atoms with E-state index in [1.807, 2.05) is 24.3 Å². The fourth-order valence-corrected chi connectivity index (χ4v) is 2.50. The summed E-state index contributed by atoms with van der Waals surface area (Å²) in [7, 11) is 1.55. The molecule has 0 saturated heterocycles. The van der Waals surface area contributed by atoms with Gasteiger partial charge in [0.1, 0.15) is 5.75 Å². The van der Waals surface area contributed by atoms with E-state index in [0.29, 0.717) is 17.2 Å². The summed E-state index contributed by atoms with van der Waals surface area (Å²) in [6, 6.07) is 14.2. The number of esters is 1. The standard InChI is InChI=1S/C21H25NO4/c1-5-14(2)18-8-6-7-9-19(18)22-20(23)15(3)26-21(24)16-10-12-17(25-4)13-11-16/h6-15H,5H2,1-4H3,(H,22,23)/t14-,15-/m1/s1. The van der Waals surface area contributed by atoms with E-state index in [1.54, 1.807) is 38.3 Å². The summed E-state index contributed by atoms with van der Waals surface area (Å²) < 4.78 is 10.3. The molecule has 1 amide bonds. The molecular weight excluding hydrogens is 330 g/mol. The predicted molar refractivity (Wildman–Crippen MR) is 102 cm³/mol. The number of hydrogen-bond acceptors (Lipinski definition) is 4. The minimum atomic E-state index is -0.908. The smallest absolute Gasteiger partial charge is 0.338 e. The molecule has 0 heterocycles. The number of ether oxygens (including phenoxy) is 2. The highest BCUT2D eigenvalue weighted by molar-refractivity contribution is 5.97. The molecule has 1 N–H and O–H groups in total. The number of amides is 1. The Morgan fingerprint density at radius 3 is 2.31 bits per heavy atom. The molecule has 2 atom stereocenters. The van der Waals surface area contributed by atoms with E-state index in [9.17, 15) is 9.59 Å². The number of methoxy groups -OCH3 is 1. The van der Waals surface area contributed by atoms with Crippen molar-refractivity contribution in [3.05, 3.63) is 59.7 Å². The molecule has 0 aliphatic carbocycles. The molecule has 2 rings (SSSR count). The maximum Gasteiger partial charge on any atom is 0.338 e. The lowest BCUT2D eigenvalue weighted by Gasteiger charge is -2.18. The van der Waals surface area contributed by atoms with Crippen molar-refractivity contribution in [1.82, 2.24) is 0 Å². The first-order chi connectivity index (χ1) is 12.5. The lowest BCUT2D eigenvalue weighted by atomic mass is 9.97. The summed E-state index contributed by atoms with van der Waals surface area (Å²) in [6.07, 6.45) is 0.0594. The van der Waals surface area contributed by atoms with Crippen molar-refractivity contribution in [3.8, 4) is 5.75 Å². The van der Waals surface area contributed by atoms with Gasteiger partial charge in [-0.25, -0.2) is 4.79 Å². The van der Waals surface area contributed by atoms with Gasteiger partial charge in [0.05, 0.1) is 12.7 Å². The fourth-order valence-electron chi connectivity index (χ4n) is 2.50. The van der Waals surface area contributed by atoms with E-state index < -0.39 is 12.1 Å². The Bertz CT molecular complexity index is 755. The molecule has 0 radical (unpaired) electrons. The number of hydrogen-bond donors (Lipinski definition) is 1. The largest absolute Gasteiger partial charge is 0.497 e. The quantitative estimate of drug-likeness (QED) is 0.748. The van der Waals surface area contributed by atoms with Crippen LogP contribution in [0.5, 0.6) is 5.75 Å². The summed E-state index contributed by atoms with van der Waals surface area (Å²) in [5.74, 6) is 0.0609. The molecular formula is C21H25NO4. The lowest BCUT2D eigenvalue weighted by molar-refractivity contribution is -0.123. The zero-order chi connectivity index (χ0) is 19.1. The van der Waals surface area contributed by atoms with Crippen LogP contribution in [0.25, 0.3) is 0 Å². The number of nitrogens with one attached hydrogen (secondary N) is 1. The number of carbonyl (C=O) groups excluding carboxylic acids is 2. The highest BCUT2D eigenvalue weighted by Gasteiger charge is 2.20. The molecule has 0 spiro atoms. The SMILES string of the molecule is CC[C@@H](C)c1ccccc1NC(=O)[C@@H](C)OC(=O)c1ccc(OC)cc1. The van der Waals surface area contributed by atoms with Crippen LogP contribution in [0.15, 0.2) is 48.5 Å². The summed E-state index contributed by atoms with van der Waals surface area (Å²) in [5, 5.41) is 2.86. The van der Waals surface area contributed by atoms with Crippen LogP contribution in [0.3, 0.4) is 0 Å². The Kier molecular flexibility index (Phi) is 6.78. The van der Waals surface area contributed by atoms with E-state index in [2.05, 4.69) is 19.2 Å². The molecule has 2 aromatic carbocycles. The van der Waals surface area contributed by atoms with Gasteiger partial charge in [-0.3, -0.25) is 4.79 Å². The van der Waals surface area contributed by atoms with E-state index in [0.717, 1.165) is 17.7 Å². The molecule has 0 unspecified atom stereocenters. The molecule has 0 aliphatic rings. The van der Waals surface area contributed by atoms with Gasteiger partial charge in [0, 0.05) is 5.69 Å². The number of carbonyl (C=O) groups is 2. The number of benzene rings is 2. The number of rotatable bonds is 7. The normalized spacial score (nSPS) is 12.8. The van der Waals surface area contributed by atoms with Crippen molar-refractivity contribution in [2.45, 2.75) is 39.2 Å². The highest BCUT2D eigenvalue weighted by atomic mass is 16.5. The van der Waals surface area contributed by atoms with Crippen LogP contribution in [-0.2, 0) is 9.53 Å². The molecule has 138 valence electrons. The maximum absolute atomic E-state index is 12.4. The van der Waals surface area contributed by atoms with Gasteiger partial charge in [-0.2, -0.15) is 0 Å². The summed E-state index contributed by atoms with van der Waals surface area (Å²) in [4.78, 5) is 24.6. The molecule has 5 heteroatoms. The number of anilines is 1. The monoisotopic (exact) mass is 355 g/mol. The van der Waals surface area contributed by atoms with Gasteiger partial charge >= 0.3 is 5.97 Å². The summed E-state index contributed by atoms with van der Waals surface area (Å²) >= 11 is 0. The first-order valence-corrected chi connectivity index (χ1v) is 8.71. The summed E-state index contributed by atoms with van der Waals surface area (Å²) in [6.45, 7) is 5.77. The minimum Gasteiger partial charge on any atom is -0.497 e. The van der Waals surface area contributed by atoms with E-state index in [4.69, 9.17) is 9.47 Å². The Morgan fingerprint density at radius 1 is 1.04 bits per heavy atom. The van der Waals surface area contributed by atoms with Crippen molar-refractivity contribution in [2.75, 3.05) is 12.4 Å². The van der Waals surface area contributed by atoms with Crippen LogP contribution in [0.4, 0.5) is 5.69 Å². The van der Waals surface area contributed by atoms with Gasteiger partial charge < -0.3 is 14.8 Å². The van der Waals surface area contributed by atoms with Gasteiger partial charge in [0.15, 0.2) is 6.10 Å². The zero-order valence-electron chi connectivity index (χ0n) is 15.6. The highest BCUT2D eigenvalue weighted by Crippen LogP contribution is 2.26. The van der Waals surface area contributed by atoms with Crippen LogP contribution in [0.1, 0.15) is 49.0 Å². The van der Waals surface area contributed by atoms with Crippen LogP contribution in [0.2, 0.25) is 0 Å². The van der Waals surface area contributed by atoms with E-state index >= 15 is 0 Å². The second kappa shape index (κ2) is 9.04. The molecule has 5 nitrogen and oxygen atoms in total. The zero-order valence-corrected chi connectivity index (χ0v) is 15.6. The van der Waals surface area contributed by atoms with Gasteiger partial charge in [-0.15, -0.1) is 0 Å². The summed E-state index contributed by atoms with van der Waals surface area (Å²) in [5.41, 5.74) is 2.18. The van der Waals surface area contributed by atoms with E-state index in [-0.39, 0.29) is 5.91 Å². The molecule has 26 heavy (non-hydrogen) atoms. The third kappa shape index (κ3) is 4.85. The predicted octanol–water partition coefficient (Wildman–Crippen LogP) is 4.39. The van der Waals surface area contributed by atoms with Gasteiger partial charge in [-0.1, -0.05) is 32.0 Å². The Morgan fingerprint density at radius 2 is 1.69 bits per heavy atom. The third-order valence-corrected chi connectivity index (χ3v) is 4.34. The Labute approximate surface area is 154 Å². The average molecular weight is 355 g/mol. The van der Waals surface area contributed by atoms with Crippen LogP contribution in [0, 0.1) is 0 Å². The second-order valence-electron chi connectivity index (χ2n) is 6.16. The van der Waals surface area contributed by atoms with Crippen molar-refractivity contribution in [3.63, 3.8) is 0 Å². The fraction of sp³-hybridized carbons (Fsp3) is 0.333. The minimum absolute atomic E-state index is 0.323. The molecule has 0 bridgehead atoms. The maximum atomic E-state index is 12.4. The van der Waals surface area contributed by atoms with Crippen LogP contribution in [-0.4, -0.2) is 25.1 Å². The Hall–Kier alpha value is -2.82. The first-order valence-electron chi connectivity index (χ1n) is 8.71. The number of para-hydroxylation sites is 1. The topological polar surface area (TPSA) is 64.6 Å². The van der Waals surface area contributed by atoms with Crippen molar-refractivity contribution < 1.29 is 19.1 Å². The van der Waals surface area contributed by atoms with Crippen LogP contribution >= 0.6 is 0 Å². The second-order valence-corrected chi connectivity index (χ2v) is 6.16. The van der Waals surface area contributed by atoms with Crippen molar-refractivity contribution in [2.24, 2.45) is 0 Å². The van der Waals surface area contributed by atoms with Crippen molar-refractivity contribution in [1.29, 1.82) is 0 Å². The van der Waals surface area contributed by atoms with E-state index in [1.165, 1.54) is 0 Å². The molecule has 0 aromatic heterocycles. The van der Waals surface area contributed by atoms with Crippen LogP contribution < -0.4 is 10.1 Å². The first kappa shape index (κ1) is 19.5.